The van der Waals surface area contributed by atoms with E-state index in [0.717, 1.165) is 24.8 Å². The standard InChI is InChI=1S/C20H24N2O4S/c1-16-7-5-6-14-22(16)27(24,25)19-12-10-18(11-13-19)20(23)21-26-15-17-8-3-2-4-9-17/h2-4,8-13,16H,5-7,14-15H2,1H3,(H,21,23). The molecule has 0 spiro atoms. The summed E-state index contributed by atoms with van der Waals surface area (Å²) in [5, 5.41) is 0. The number of sulfonamides is 1. The van der Waals surface area contributed by atoms with Crippen molar-refractivity contribution >= 4 is 15.9 Å². The van der Waals surface area contributed by atoms with Gasteiger partial charge in [-0.05, 0) is 49.6 Å². The zero-order valence-corrected chi connectivity index (χ0v) is 16.1. The maximum atomic E-state index is 12.8. The Hall–Kier alpha value is -2.22. The highest BCUT2D eigenvalue weighted by atomic mass is 32.2. The number of benzene rings is 2. The number of nitrogens with one attached hydrogen (secondary N) is 1. The summed E-state index contributed by atoms with van der Waals surface area (Å²) in [7, 11) is -3.54. The first-order valence-electron chi connectivity index (χ1n) is 9.06. The number of piperidine rings is 1. The van der Waals surface area contributed by atoms with Crippen molar-refractivity contribution in [2.45, 2.75) is 43.7 Å². The third-order valence-corrected chi connectivity index (χ3v) is 6.74. The van der Waals surface area contributed by atoms with Crippen LogP contribution < -0.4 is 5.48 Å². The fourth-order valence-electron chi connectivity index (χ4n) is 3.16. The van der Waals surface area contributed by atoms with Gasteiger partial charge in [-0.3, -0.25) is 9.63 Å². The van der Waals surface area contributed by atoms with Gasteiger partial charge < -0.3 is 0 Å². The highest BCUT2D eigenvalue weighted by molar-refractivity contribution is 7.89. The molecule has 2 aromatic carbocycles. The highest BCUT2D eigenvalue weighted by Gasteiger charge is 2.30. The maximum Gasteiger partial charge on any atom is 0.274 e. The summed E-state index contributed by atoms with van der Waals surface area (Å²) in [6.45, 7) is 2.73. The van der Waals surface area contributed by atoms with Gasteiger partial charge in [0.2, 0.25) is 10.0 Å². The molecule has 1 heterocycles. The second-order valence-electron chi connectivity index (χ2n) is 6.69. The first-order valence-corrected chi connectivity index (χ1v) is 10.5. The Bertz CT molecular complexity index is 867. The lowest BCUT2D eigenvalue weighted by atomic mass is 10.1. The van der Waals surface area contributed by atoms with Crippen molar-refractivity contribution in [1.82, 2.24) is 9.79 Å². The van der Waals surface area contributed by atoms with Gasteiger partial charge in [0.15, 0.2) is 0 Å². The molecule has 0 bridgehead atoms. The third kappa shape index (κ3) is 4.74. The largest absolute Gasteiger partial charge is 0.274 e. The molecular weight excluding hydrogens is 364 g/mol. The summed E-state index contributed by atoms with van der Waals surface area (Å²) in [4.78, 5) is 17.6. The van der Waals surface area contributed by atoms with Crippen molar-refractivity contribution < 1.29 is 18.0 Å². The van der Waals surface area contributed by atoms with Gasteiger partial charge in [0.05, 0.1) is 11.5 Å². The van der Waals surface area contributed by atoms with E-state index in [1.807, 2.05) is 37.3 Å². The fraction of sp³-hybridized carbons (Fsp3) is 0.350. The lowest BCUT2D eigenvalue weighted by Gasteiger charge is -2.32. The van der Waals surface area contributed by atoms with Crippen LogP contribution in [0.3, 0.4) is 0 Å². The SMILES string of the molecule is CC1CCCCN1S(=O)(=O)c1ccc(C(=O)NOCc2ccccc2)cc1. The minimum Gasteiger partial charge on any atom is -0.269 e. The monoisotopic (exact) mass is 388 g/mol. The van der Waals surface area contributed by atoms with Crippen LogP contribution in [0.1, 0.15) is 42.1 Å². The maximum absolute atomic E-state index is 12.8. The molecule has 1 fully saturated rings. The molecule has 1 atom stereocenters. The summed E-state index contributed by atoms with van der Waals surface area (Å²) in [5.41, 5.74) is 3.66. The number of nitrogens with zero attached hydrogens (tertiary/aromatic N) is 1. The van der Waals surface area contributed by atoms with Crippen molar-refractivity contribution in [3.63, 3.8) is 0 Å². The van der Waals surface area contributed by atoms with Gasteiger partial charge >= 0.3 is 0 Å². The quantitative estimate of drug-likeness (QED) is 0.772. The second kappa shape index (κ2) is 8.65. The summed E-state index contributed by atoms with van der Waals surface area (Å²) in [5.74, 6) is -0.416. The molecule has 1 aliphatic heterocycles. The Morgan fingerprint density at radius 1 is 1.11 bits per heavy atom. The van der Waals surface area contributed by atoms with E-state index in [1.165, 1.54) is 24.3 Å². The summed E-state index contributed by atoms with van der Waals surface area (Å²) >= 11 is 0. The van der Waals surface area contributed by atoms with E-state index in [9.17, 15) is 13.2 Å². The lowest BCUT2D eigenvalue weighted by molar-refractivity contribution is 0.0233. The molecule has 6 nitrogen and oxygen atoms in total. The van der Waals surface area contributed by atoms with E-state index in [-0.39, 0.29) is 17.5 Å². The molecule has 0 radical (unpaired) electrons. The van der Waals surface area contributed by atoms with Gasteiger partial charge in [0, 0.05) is 18.2 Å². The number of carbonyl (C=O) groups is 1. The first kappa shape index (κ1) is 19.5. The van der Waals surface area contributed by atoms with Gasteiger partial charge in [-0.1, -0.05) is 36.8 Å². The Labute approximate surface area is 160 Å². The van der Waals surface area contributed by atoms with E-state index in [1.54, 1.807) is 4.31 Å². The molecule has 144 valence electrons. The average Bonchev–Trinajstić information content (AvgIpc) is 2.69. The van der Waals surface area contributed by atoms with Crippen molar-refractivity contribution in [2.24, 2.45) is 0 Å². The molecule has 1 amide bonds. The fourth-order valence-corrected chi connectivity index (χ4v) is 4.86. The summed E-state index contributed by atoms with van der Waals surface area (Å²) < 4.78 is 27.2. The Morgan fingerprint density at radius 3 is 2.48 bits per heavy atom. The number of hydroxylamine groups is 1. The zero-order valence-electron chi connectivity index (χ0n) is 15.3. The predicted octanol–water partition coefficient (Wildman–Crippen LogP) is 3.11. The smallest absolute Gasteiger partial charge is 0.269 e. The number of amides is 1. The molecule has 3 rings (SSSR count). The molecule has 2 aromatic rings. The van der Waals surface area contributed by atoms with E-state index >= 15 is 0 Å². The van der Waals surface area contributed by atoms with Crippen LogP contribution in [0.4, 0.5) is 0 Å². The van der Waals surface area contributed by atoms with Gasteiger partial charge in [-0.15, -0.1) is 0 Å². The molecule has 1 unspecified atom stereocenters. The normalized spacial score (nSPS) is 18.2. The molecule has 1 saturated heterocycles. The molecule has 0 aromatic heterocycles. The molecule has 0 aliphatic carbocycles. The Balaban J connectivity index is 1.61. The number of carbonyl (C=O) groups excluding carboxylic acids is 1. The van der Waals surface area contributed by atoms with Gasteiger partial charge in [-0.25, -0.2) is 13.9 Å². The molecule has 1 N–H and O–H groups in total. The van der Waals surface area contributed by atoms with Crippen molar-refractivity contribution in [1.29, 1.82) is 0 Å². The van der Waals surface area contributed by atoms with Gasteiger partial charge in [-0.2, -0.15) is 4.31 Å². The van der Waals surface area contributed by atoms with E-state index < -0.39 is 15.9 Å². The first-order chi connectivity index (χ1) is 13.0. The van der Waals surface area contributed by atoms with Crippen LogP contribution in [-0.4, -0.2) is 31.2 Å². The van der Waals surface area contributed by atoms with E-state index in [2.05, 4.69) is 5.48 Å². The summed E-state index contributed by atoms with van der Waals surface area (Å²) in [6.07, 6.45) is 2.80. The Kier molecular flexibility index (Phi) is 6.26. The van der Waals surface area contributed by atoms with Crippen molar-refractivity contribution in [3.05, 3.63) is 65.7 Å². The van der Waals surface area contributed by atoms with Crippen LogP contribution >= 0.6 is 0 Å². The average molecular weight is 388 g/mol. The minimum absolute atomic E-state index is 0.00175. The number of hydrogen-bond acceptors (Lipinski definition) is 4. The van der Waals surface area contributed by atoms with Gasteiger partial charge in [0.1, 0.15) is 0 Å². The predicted molar refractivity (Wildman–Crippen MR) is 102 cm³/mol. The molecule has 7 heteroatoms. The van der Waals surface area contributed by atoms with E-state index in [4.69, 9.17) is 4.84 Å². The van der Waals surface area contributed by atoms with Crippen LogP contribution in [0.2, 0.25) is 0 Å². The van der Waals surface area contributed by atoms with Crippen LogP contribution in [0.5, 0.6) is 0 Å². The molecule has 0 saturated carbocycles. The highest BCUT2D eigenvalue weighted by Crippen LogP contribution is 2.25. The lowest BCUT2D eigenvalue weighted by Crippen LogP contribution is -2.41. The third-order valence-electron chi connectivity index (χ3n) is 4.71. The second-order valence-corrected chi connectivity index (χ2v) is 8.58. The van der Waals surface area contributed by atoms with Crippen molar-refractivity contribution in [2.75, 3.05) is 6.54 Å². The van der Waals surface area contributed by atoms with Crippen LogP contribution in [0, 0.1) is 0 Å². The molecule has 27 heavy (non-hydrogen) atoms. The number of hydrogen-bond donors (Lipinski definition) is 1. The van der Waals surface area contributed by atoms with Crippen LogP contribution in [-0.2, 0) is 21.5 Å². The zero-order chi connectivity index (χ0) is 19.3. The molecular formula is C20H24N2O4S. The summed E-state index contributed by atoms with van der Waals surface area (Å²) in [6, 6.07) is 15.4. The Morgan fingerprint density at radius 2 is 1.81 bits per heavy atom. The van der Waals surface area contributed by atoms with Gasteiger partial charge in [0.25, 0.3) is 5.91 Å². The number of rotatable bonds is 6. The minimum atomic E-state index is -3.54. The molecule has 1 aliphatic rings. The topological polar surface area (TPSA) is 75.7 Å². The van der Waals surface area contributed by atoms with Crippen LogP contribution in [0.25, 0.3) is 0 Å². The van der Waals surface area contributed by atoms with E-state index in [0.29, 0.717) is 12.1 Å². The van der Waals surface area contributed by atoms with Crippen molar-refractivity contribution in [3.8, 4) is 0 Å². The van der Waals surface area contributed by atoms with Crippen LogP contribution in [0.15, 0.2) is 59.5 Å².